The van der Waals surface area contributed by atoms with Gasteiger partial charge in [0, 0.05) is 36.6 Å². The highest BCUT2D eigenvalue weighted by molar-refractivity contribution is 5.63. The highest BCUT2D eigenvalue weighted by Gasteiger charge is 2.15. The molecule has 2 aromatic carbocycles. The monoisotopic (exact) mass is 386 g/mol. The fourth-order valence-electron chi connectivity index (χ4n) is 3.32. The van der Waals surface area contributed by atoms with Gasteiger partial charge < -0.3 is 0 Å². The topological polar surface area (TPSA) is 34.0 Å². The van der Waals surface area contributed by atoms with E-state index < -0.39 is 0 Å². The fraction of sp³-hybridized carbons (Fsp3) is 0.167. The zero-order valence-corrected chi connectivity index (χ0v) is 16.6. The Balaban J connectivity index is 1.66. The Bertz CT molecular complexity index is 1070. The van der Waals surface area contributed by atoms with Gasteiger partial charge in [-0.1, -0.05) is 23.8 Å². The number of aryl methyl sites for hydroxylation is 1. The molecule has 2 aromatic heterocycles. The summed E-state index contributed by atoms with van der Waals surface area (Å²) in [6.07, 6.45) is 3.86. The first-order valence-electron chi connectivity index (χ1n) is 9.58. The highest BCUT2D eigenvalue weighted by atomic mass is 19.1. The van der Waals surface area contributed by atoms with E-state index in [1.54, 1.807) is 12.1 Å². The third kappa shape index (κ3) is 4.58. The van der Waals surface area contributed by atoms with Crippen molar-refractivity contribution in [2.75, 3.05) is 7.05 Å². The second-order valence-corrected chi connectivity index (χ2v) is 7.28. The second kappa shape index (κ2) is 8.37. The lowest BCUT2D eigenvalue weighted by Crippen LogP contribution is -2.18. The van der Waals surface area contributed by atoms with Gasteiger partial charge in [0.15, 0.2) is 0 Å². The average molecular weight is 386 g/mol. The van der Waals surface area contributed by atoms with Gasteiger partial charge in [-0.25, -0.2) is 9.07 Å². The van der Waals surface area contributed by atoms with Crippen LogP contribution in [-0.4, -0.2) is 26.7 Å². The molecule has 146 valence electrons. The van der Waals surface area contributed by atoms with Crippen molar-refractivity contribution in [3.05, 3.63) is 102 Å². The molecule has 4 aromatic rings. The van der Waals surface area contributed by atoms with Crippen LogP contribution in [0.1, 0.15) is 16.8 Å². The molecule has 0 aliphatic carbocycles. The number of hydrogen-bond donors (Lipinski definition) is 0. The summed E-state index contributed by atoms with van der Waals surface area (Å²) in [7, 11) is 2.06. The zero-order chi connectivity index (χ0) is 20.2. The van der Waals surface area contributed by atoms with Crippen LogP contribution in [0, 0.1) is 12.7 Å². The van der Waals surface area contributed by atoms with E-state index in [-0.39, 0.29) is 5.82 Å². The van der Waals surface area contributed by atoms with Crippen LogP contribution in [0.15, 0.2) is 79.1 Å². The van der Waals surface area contributed by atoms with E-state index in [0.29, 0.717) is 6.54 Å². The predicted molar refractivity (Wildman–Crippen MR) is 113 cm³/mol. The van der Waals surface area contributed by atoms with Crippen molar-refractivity contribution in [3.63, 3.8) is 0 Å². The molecule has 0 saturated heterocycles. The SMILES string of the molecule is Cc1ccc(-n2cc(CN(C)Cc3ccccn3)c(-c3ccc(F)cc3)n2)cc1. The normalized spacial score (nSPS) is 11.2. The summed E-state index contributed by atoms with van der Waals surface area (Å²) in [6, 6.07) is 20.7. The summed E-state index contributed by atoms with van der Waals surface area (Å²) < 4.78 is 15.3. The molecule has 4 rings (SSSR count). The summed E-state index contributed by atoms with van der Waals surface area (Å²) in [5.41, 5.74) is 6.06. The molecule has 29 heavy (non-hydrogen) atoms. The fourth-order valence-corrected chi connectivity index (χ4v) is 3.32. The second-order valence-electron chi connectivity index (χ2n) is 7.28. The van der Waals surface area contributed by atoms with E-state index in [0.717, 1.165) is 34.7 Å². The zero-order valence-electron chi connectivity index (χ0n) is 16.6. The Morgan fingerprint density at radius 1 is 0.931 bits per heavy atom. The smallest absolute Gasteiger partial charge is 0.123 e. The molecule has 0 bridgehead atoms. The molecule has 0 aliphatic rings. The predicted octanol–water partition coefficient (Wildman–Crippen LogP) is 5.01. The number of rotatable bonds is 6. The van der Waals surface area contributed by atoms with Crippen LogP contribution in [0.3, 0.4) is 0 Å². The van der Waals surface area contributed by atoms with E-state index in [2.05, 4.69) is 54.3 Å². The van der Waals surface area contributed by atoms with Gasteiger partial charge in [-0.2, -0.15) is 5.10 Å². The standard InChI is InChI=1S/C24H23FN4/c1-18-6-12-23(13-7-18)29-16-20(15-28(2)17-22-5-3-4-14-26-22)24(27-29)19-8-10-21(25)11-9-19/h3-14,16H,15,17H2,1-2H3. The van der Waals surface area contributed by atoms with Gasteiger partial charge >= 0.3 is 0 Å². The summed E-state index contributed by atoms with van der Waals surface area (Å²) in [4.78, 5) is 6.61. The Labute approximate surface area is 170 Å². The Kier molecular flexibility index (Phi) is 5.49. The van der Waals surface area contributed by atoms with Crippen LogP contribution < -0.4 is 0 Å². The first kappa shape index (κ1) is 19.0. The lowest BCUT2D eigenvalue weighted by atomic mass is 10.1. The van der Waals surface area contributed by atoms with E-state index in [1.165, 1.54) is 17.7 Å². The molecule has 0 saturated carbocycles. The maximum Gasteiger partial charge on any atom is 0.123 e. The first-order valence-corrected chi connectivity index (χ1v) is 9.58. The van der Waals surface area contributed by atoms with Gasteiger partial charge in [-0.05, 0) is 62.5 Å². The average Bonchev–Trinajstić information content (AvgIpc) is 3.13. The number of nitrogens with zero attached hydrogens (tertiary/aromatic N) is 4. The van der Waals surface area contributed by atoms with Gasteiger partial charge in [0.1, 0.15) is 5.82 Å². The van der Waals surface area contributed by atoms with Crippen LogP contribution in [-0.2, 0) is 13.1 Å². The van der Waals surface area contributed by atoms with Crippen LogP contribution in [0.4, 0.5) is 4.39 Å². The first-order chi connectivity index (χ1) is 14.1. The molecular weight excluding hydrogens is 363 g/mol. The number of halogens is 1. The van der Waals surface area contributed by atoms with Crippen molar-refractivity contribution in [1.82, 2.24) is 19.7 Å². The van der Waals surface area contributed by atoms with Crippen LogP contribution >= 0.6 is 0 Å². The summed E-state index contributed by atoms with van der Waals surface area (Å²) in [6.45, 7) is 3.50. The van der Waals surface area contributed by atoms with Crippen molar-refractivity contribution in [1.29, 1.82) is 0 Å². The summed E-state index contributed by atoms with van der Waals surface area (Å²) in [5.74, 6) is -0.250. The van der Waals surface area contributed by atoms with Gasteiger partial charge in [-0.3, -0.25) is 9.88 Å². The highest BCUT2D eigenvalue weighted by Crippen LogP contribution is 2.25. The quantitative estimate of drug-likeness (QED) is 0.467. The molecular formula is C24H23FN4. The summed E-state index contributed by atoms with van der Waals surface area (Å²) >= 11 is 0. The lowest BCUT2D eigenvalue weighted by molar-refractivity contribution is 0.315. The van der Waals surface area contributed by atoms with Gasteiger partial charge in [-0.15, -0.1) is 0 Å². The maximum absolute atomic E-state index is 13.4. The number of aromatic nitrogens is 3. The molecule has 0 amide bonds. The van der Waals surface area contributed by atoms with Crippen LogP contribution in [0.5, 0.6) is 0 Å². The van der Waals surface area contributed by atoms with Gasteiger partial charge in [0.25, 0.3) is 0 Å². The van der Waals surface area contributed by atoms with Crippen molar-refractivity contribution < 1.29 is 4.39 Å². The van der Waals surface area contributed by atoms with Crippen molar-refractivity contribution in [3.8, 4) is 16.9 Å². The molecule has 0 radical (unpaired) electrons. The summed E-state index contributed by atoms with van der Waals surface area (Å²) in [5, 5.41) is 4.82. The molecule has 0 unspecified atom stereocenters. The van der Waals surface area contributed by atoms with E-state index >= 15 is 0 Å². The van der Waals surface area contributed by atoms with Crippen molar-refractivity contribution in [2.45, 2.75) is 20.0 Å². The van der Waals surface area contributed by atoms with E-state index in [1.807, 2.05) is 29.1 Å². The molecule has 5 heteroatoms. The molecule has 0 spiro atoms. The van der Waals surface area contributed by atoms with Gasteiger partial charge in [0.2, 0.25) is 0 Å². The third-order valence-corrected chi connectivity index (χ3v) is 4.80. The number of benzene rings is 2. The Morgan fingerprint density at radius 2 is 1.69 bits per heavy atom. The Hall–Kier alpha value is -3.31. The number of hydrogen-bond acceptors (Lipinski definition) is 3. The molecule has 0 atom stereocenters. The van der Waals surface area contributed by atoms with E-state index in [4.69, 9.17) is 5.10 Å². The van der Waals surface area contributed by atoms with Crippen LogP contribution in [0.25, 0.3) is 16.9 Å². The van der Waals surface area contributed by atoms with Crippen LogP contribution in [0.2, 0.25) is 0 Å². The lowest BCUT2D eigenvalue weighted by Gasteiger charge is -2.16. The minimum Gasteiger partial charge on any atom is -0.296 e. The molecule has 4 nitrogen and oxygen atoms in total. The minimum atomic E-state index is -0.250. The minimum absolute atomic E-state index is 0.250. The molecule has 0 fully saturated rings. The number of pyridine rings is 1. The maximum atomic E-state index is 13.4. The molecule has 0 aliphatic heterocycles. The molecule has 2 heterocycles. The van der Waals surface area contributed by atoms with Crippen molar-refractivity contribution in [2.24, 2.45) is 0 Å². The molecule has 0 N–H and O–H groups in total. The Morgan fingerprint density at radius 3 is 2.38 bits per heavy atom. The van der Waals surface area contributed by atoms with E-state index in [9.17, 15) is 4.39 Å². The van der Waals surface area contributed by atoms with Gasteiger partial charge in [0.05, 0.1) is 17.1 Å². The largest absolute Gasteiger partial charge is 0.296 e. The third-order valence-electron chi connectivity index (χ3n) is 4.80. The van der Waals surface area contributed by atoms with Crippen molar-refractivity contribution >= 4 is 0 Å².